The minimum atomic E-state index is 0.168. The summed E-state index contributed by atoms with van der Waals surface area (Å²) < 4.78 is 5.30. The van der Waals surface area contributed by atoms with Crippen LogP contribution < -0.4 is 4.74 Å². The highest BCUT2D eigenvalue weighted by molar-refractivity contribution is 5.86. The molecule has 0 saturated carbocycles. The van der Waals surface area contributed by atoms with Crippen molar-refractivity contribution in [3.63, 3.8) is 0 Å². The van der Waals surface area contributed by atoms with Gasteiger partial charge in [0.25, 0.3) is 0 Å². The first-order valence-corrected chi connectivity index (χ1v) is 7.25. The molecule has 0 aliphatic heterocycles. The monoisotopic (exact) mass is 279 g/mol. The number of benzene rings is 2. The van der Waals surface area contributed by atoms with Crippen molar-refractivity contribution in [1.29, 1.82) is 0 Å². The van der Waals surface area contributed by atoms with E-state index in [2.05, 4.69) is 62.2 Å². The molecule has 0 bridgehead atoms. The van der Waals surface area contributed by atoms with Crippen LogP contribution >= 0.6 is 0 Å². The number of hydrogen-bond acceptors (Lipinski definition) is 1. The van der Waals surface area contributed by atoms with Gasteiger partial charge in [0, 0.05) is 22.2 Å². The zero-order valence-electron chi connectivity index (χ0n) is 13.0. The number of H-pyrrole nitrogens is 1. The van der Waals surface area contributed by atoms with Crippen LogP contribution in [-0.2, 0) is 5.41 Å². The standard InChI is InChI=1S/C19H21NO/c1-19(2,3)15-8-9-17-14(10-15)12-18(20-17)13-6-5-7-16(11-13)21-4/h5-12,20H,1-4H3. The molecule has 0 radical (unpaired) electrons. The van der Waals surface area contributed by atoms with Crippen molar-refractivity contribution in [2.45, 2.75) is 26.2 Å². The summed E-state index contributed by atoms with van der Waals surface area (Å²) in [5.74, 6) is 0.876. The number of fused-ring (bicyclic) bond motifs is 1. The predicted octanol–water partition coefficient (Wildman–Crippen LogP) is 5.14. The SMILES string of the molecule is COc1cccc(-c2cc3cc(C(C)(C)C)ccc3[nH]2)c1. The molecule has 2 aromatic carbocycles. The maximum Gasteiger partial charge on any atom is 0.119 e. The summed E-state index contributed by atoms with van der Waals surface area (Å²) >= 11 is 0. The first-order chi connectivity index (χ1) is 9.97. The van der Waals surface area contributed by atoms with Gasteiger partial charge < -0.3 is 9.72 Å². The summed E-state index contributed by atoms with van der Waals surface area (Å²) in [6, 6.07) is 17.0. The lowest BCUT2D eigenvalue weighted by atomic mass is 9.86. The molecule has 3 aromatic rings. The topological polar surface area (TPSA) is 25.0 Å². The van der Waals surface area contributed by atoms with Gasteiger partial charge in [-0.15, -0.1) is 0 Å². The van der Waals surface area contributed by atoms with Crippen LogP contribution in [0, 0.1) is 0 Å². The highest BCUT2D eigenvalue weighted by atomic mass is 16.5. The van der Waals surface area contributed by atoms with Crippen LogP contribution in [0.3, 0.4) is 0 Å². The lowest BCUT2D eigenvalue weighted by Crippen LogP contribution is -2.10. The maximum absolute atomic E-state index is 5.30. The van der Waals surface area contributed by atoms with Crippen LogP contribution in [0.5, 0.6) is 5.75 Å². The predicted molar refractivity (Wildman–Crippen MR) is 89.0 cm³/mol. The third-order valence-electron chi connectivity index (χ3n) is 3.87. The van der Waals surface area contributed by atoms with Crippen molar-refractivity contribution < 1.29 is 4.74 Å². The lowest BCUT2D eigenvalue weighted by molar-refractivity contribution is 0.415. The number of rotatable bonds is 2. The summed E-state index contributed by atoms with van der Waals surface area (Å²) in [4.78, 5) is 3.49. The Labute approximate surface area is 125 Å². The summed E-state index contributed by atoms with van der Waals surface area (Å²) in [6.07, 6.45) is 0. The smallest absolute Gasteiger partial charge is 0.119 e. The van der Waals surface area contributed by atoms with Gasteiger partial charge in [0.2, 0.25) is 0 Å². The summed E-state index contributed by atoms with van der Waals surface area (Å²) in [7, 11) is 1.69. The Bertz CT molecular complexity index is 778. The van der Waals surface area contributed by atoms with Crippen LogP contribution in [0.1, 0.15) is 26.3 Å². The molecule has 2 heteroatoms. The van der Waals surface area contributed by atoms with E-state index in [1.165, 1.54) is 16.5 Å². The number of methoxy groups -OCH3 is 1. The molecule has 0 spiro atoms. The average Bonchev–Trinajstić information content (AvgIpc) is 2.89. The molecule has 0 fully saturated rings. The van der Waals surface area contributed by atoms with Gasteiger partial charge in [-0.1, -0.05) is 39.0 Å². The van der Waals surface area contributed by atoms with Crippen molar-refractivity contribution in [1.82, 2.24) is 4.98 Å². The number of ether oxygens (including phenoxy) is 1. The Kier molecular flexibility index (Phi) is 3.25. The molecule has 0 unspecified atom stereocenters. The molecule has 0 amide bonds. The van der Waals surface area contributed by atoms with E-state index in [1.807, 2.05) is 12.1 Å². The average molecular weight is 279 g/mol. The lowest BCUT2D eigenvalue weighted by Gasteiger charge is -2.18. The van der Waals surface area contributed by atoms with Crippen LogP contribution in [0.4, 0.5) is 0 Å². The van der Waals surface area contributed by atoms with E-state index in [4.69, 9.17) is 4.74 Å². The Balaban J connectivity index is 2.08. The number of aromatic nitrogens is 1. The van der Waals surface area contributed by atoms with E-state index in [9.17, 15) is 0 Å². The molecule has 108 valence electrons. The van der Waals surface area contributed by atoms with Gasteiger partial charge in [-0.2, -0.15) is 0 Å². The molecule has 21 heavy (non-hydrogen) atoms. The van der Waals surface area contributed by atoms with Crippen LogP contribution in [-0.4, -0.2) is 12.1 Å². The number of hydrogen-bond donors (Lipinski definition) is 1. The maximum atomic E-state index is 5.30. The molecule has 3 rings (SSSR count). The second-order valence-corrected chi connectivity index (χ2v) is 6.47. The second-order valence-electron chi connectivity index (χ2n) is 6.47. The second kappa shape index (κ2) is 4.96. The molecule has 1 aromatic heterocycles. The highest BCUT2D eigenvalue weighted by Gasteiger charge is 2.14. The molecular weight excluding hydrogens is 258 g/mol. The quantitative estimate of drug-likeness (QED) is 0.690. The first kappa shape index (κ1) is 13.7. The Morgan fingerprint density at radius 3 is 2.48 bits per heavy atom. The van der Waals surface area contributed by atoms with Gasteiger partial charge in [0.05, 0.1) is 7.11 Å². The van der Waals surface area contributed by atoms with E-state index < -0.39 is 0 Å². The van der Waals surface area contributed by atoms with E-state index >= 15 is 0 Å². The number of nitrogens with one attached hydrogen (secondary N) is 1. The van der Waals surface area contributed by atoms with E-state index in [0.717, 1.165) is 17.0 Å². The normalized spacial score (nSPS) is 11.8. The summed E-state index contributed by atoms with van der Waals surface area (Å²) in [5, 5.41) is 1.25. The largest absolute Gasteiger partial charge is 0.497 e. The van der Waals surface area contributed by atoms with Crippen molar-refractivity contribution in [2.24, 2.45) is 0 Å². The molecule has 1 N–H and O–H groups in total. The van der Waals surface area contributed by atoms with Crippen molar-refractivity contribution >= 4 is 10.9 Å². The molecule has 0 aliphatic rings. The molecule has 2 nitrogen and oxygen atoms in total. The van der Waals surface area contributed by atoms with Gasteiger partial charge in [-0.05, 0) is 41.3 Å². The van der Waals surface area contributed by atoms with E-state index in [1.54, 1.807) is 7.11 Å². The molecule has 1 heterocycles. The minimum Gasteiger partial charge on any atom is -0.497 e. The van der Waals surface area contributed by atoms with Gasteiger partial charge in [0.15, 0.2) is 0 Å². The van der Waals surface area contributed by atoms with Gasteiger partial charge in [-0.25, -0.2) is 0 Å². The number of aromatic amines is 1. The third-order valence-corrected chi connectivity index (χ3v) is 3.87. The van der Waals surface area contributed by atoms with E-state index in [-0.39, 0.29) is 5.41 Å². The Hall–Kier alpha value is -2.22. The van der Waals surface area contributed by atoms with Gasteiger partial charge in [-0.3, -0.25) is 0 Å². The van der Waals surface area contributed by atoms with Crippen LogP contribution in [0.25, 0.3) is 22.2 Å². The summed E-state index contributed by atoms with van der Waals surface area (Å²) in [6.45, 7) is 6.72. The highest BCUT2D eigenvalue weighted by Crippen LogP contribution is 2.30. The molecule has 0 atom stereocenters. The zero-order chi connectivity index (χ0) is 15.0. The van der Waals surface area contributed by atoms with Crippen LogP contribution in [0.2, 0.25) is 0 Å². The third kappa shape index (κ3) is 2.66. The van der Waals surface area contributed by atoms with Gasteiger partial charge in [0.1, 0.15) is 5.75 Å². The van der Waals surface area contributed by atoms with Crippen molar-refractivity contribution in [3.05, 3.63) is 54.1 Å². The molecular formula is C19H21NO. The fourth-order valence-electron chi connectivity index (χ4n) is 2.55. The zero-order valence-corrected chi connectivity index (χ0v) is 13.0. The van der Waals surface area contributed by atoms with Crippen molar-refractivity contribution in [2.75, 3.05) is 7.11 Å². The molecule has 0 aliphatic carbocycles. The Morgan fingerprint density at radius 1 is 0.952 bits per heavy atom. The van der Waals surface area contributed by atoms with Gasteiger partial charge >= 0.3 is 0 Å². The van der Waals surface area contributed by atoms with E-state index in [0.29, 0.717) is 0 Å². The fourth-order valence-corrected chi connectivity index (χ4v) is 2.55. The fraction of sp³-hybridized carbons (Fsp3) is 0.263. The Morgan fingerprint density at radius 2 is 1.76 bits per heavy atom. The minimum absolute atomic E-state index is 0.168. The first-order valence-electron chi connectivity index (χ1n) is 7.25. The molecule has 0 saturated heterocycles. The van der Waals surface area contributed by atoms with Crippen molar-refractivity contribution in [3.8, 4) is 17.0 Å². The summed E-state index contributed by atoms with van der Waals surface area (Å²) in [5.41, 5.74) is 4.95. The van der Waals surface area contributed by atoms with Crippen LogP contribution in [0.15, 0.2) is 48.5 Å².